The van der Waals surface area contributed by atoms with Crippen molar-refractivity contribution in [3.05, 3.63) is 75.9 Å². The minimum Gasteiger partial charge on any atom is -0.493 e. The van der Waals surface area contributed by atoms with Crippen molar-refractivity contribution in [2.24, 2.45) is 5.92 Å². The molecular weight excluding hydrogens is 460 g/mol. The summed E-state index contributed by atoms with van der Waals surface area (Å²) in [6, 6.07) is 15.4. The van der Waals surface area contributed by atoms with Crippen molar-refractivity contribution in [2.75, 3.05) is 25.0 Å². The van der Waals surface area contributed by atoms with Crippen molar-refractivity contribution in [1.82, 2.24) is 14.7 Å². The van der Waals surface area contributed by atoms with Crippen LogP contribution in [-0.4, -0.2) is 40.3 Å². The van der Waals surface area contributed by atoms with Gasteiger partial charge in [-0.3, -0.25) is 14.4 Å². The van der Waals surface area contributed by atoms with Crippen LogP contribution in [-0.2, 0) is 13.1 Å². The number of carbonyl (C=O) groups is 1. The average Bonchev–Trinajstić information content (AvgIpc) is 3.17. The van der Waals surface area contributed by atoms with E-state index in [1.807, 2.05) is 60.1 Å². The number of benzene rings is 2. The van der Waals surface area contributed by atoms with Gasteiger partial charge in [0, 0.05) is 34.5 Å². The third-order valence-electron chi connectivity index (χ3n) is 6.21. The fraction of sp³-hybridized carbons (Fsp3) is 0.429. The van der Waals surface area contributed by atoms with Crippen LogP contribution in [0.4, 0.5) is 5.82 Å². The van der Waals surface area contributed by atoms with Gasteiger partial charge in [0.1, 0.15) is 5.75 Å². The molecule has 2 heterocycles. The van der Waals surface area contributed by atoms with Crippen LogP contribution in [0.3, 0.4) is 0 Å². The summed E-state index contributed by atoms with van der Waals surface area (Å²) in [6.07, 6.45) is 3.88. The number of piperidine rings is 1. The highest BCUT2D eigenvalue weighted by Gasteiger charge is 2.14. The van der Waals surface area contributed by atoms with E-state index >= 15 is 0 Å². The molecule has 7 heteroatoms. The van der Waals surface area contributed by atoms with Crippen LogP contribution >= 0.6 is 11.6 Å². The van der Waals surface area contributed by atoms with Crippen LogP contribution in [0.1, 0.15) is 60.3 Å². The topological polar surface area (TPSA) is 59.4 Å². The number of aromatic nitrogens is 2. The van der Waals surface area contributed by atoms with E-state index in [4.69, 9.17) is 16.3 Å². The molecule has 35 heavy (non-hydrogen) atoms. The predicted molar refractivity (Wildman–Crippen MR) is 141 cm³/mol. The second-order valence-corrected chi connectivity index (χ2v) is 10.2. The molecule has 0 aliphatic carbocycles. The lowest BCUT2D eigenvalue weighted by molar-refractivity contribution is 0.102. The van der Waals surface area contributed by atoms with Gasteiger partial charge >= 0.3 is 0 Å². The van der Waals surface area contributed by atoms with Crippen LogP contribution in [0, 0.1) is 12.8 Å². The number of halogens is 1. The van der Waals surface area contributed by atoms with Crippen LogP contribution in [0.15, 0.2) is 48.5 Å². The van der Waals surface area contributed by atoms with E-state index in [1.54, 1.807) is 0 Å². The van der Waals surface area contributed by atoms with Crippen molar-refractivity contribution in [2.45, 2.75) is 53.1 Å². The molecule has 2 aromatic carbocycles. The third-order valence-corrected chi connectivity index (χ3v) is 6.44. The molecule has 0 bridgehead atoms. The molecule has 0 unspecified atom stereocenters. The second kappa shape index (κ2) is 11.7. The highest BCUT2D eigenvalue weighted by Crippen LogP contribution is 2.25. The predicted octanol–water partition coefficient (Wildman–Crippen LogP) is 6.17. The van der Waals surface area contributed by atoms with Gasteiger partial charge in [-0.15, -0.1) is 0 Å². The largest absolute Gasteiger partial charge is 0.493 e. The average molecular weight is 495 g/mol. The Morgan fingerprint density at radius 3 is 2.51 bits per heavy atom. The van der Waals surface area contributed by atoms with Gasteiger partial charge in [0.2, 0.25) is 0 Å². The molecule has 1 aromatic heterocycles. The van der Waals surface area contributed by atoms with Crippen molar-refractivity contribution in [3.8, 4) is 5.75 Å². The summed E-state index contributed by atoms with van der Waals surface area (Å²) in [6.45, 7) is 10.6. The SMILES string of the molecule is Cc1cc(NC(=O)c2ccc(CN3CCCCC3)cc2)nn1Cc1cc(Cl)ccc1OCC(C)C. The number of carbonyl (C=O) groups excluding carboxylic acids is 1. The number of hydrogen-bond donors (Lipinski definition) is 1. The van der Waals surface area contributed by atoms with Crippen LogP contribution in [0.5, 0.6) is 5.75 Å². The monoisotopic (exact) mass is 494 g/mol. The minimum atomic E-state index is -0.164. The van der Waals surface area contributed by atoms with Gasteiger partial charge in [-0.1, -0.05) is 44.0 Å². The van der Waals surface area contributed by atoms with E-state index in [0.29, 0.717) is 35.5 Å². The summed E-state index contributed by atoms with van der Waals surface area (Å²) >= 11 is 6.25. The smallest absolute Gasteiger partial charge is 0.256 e. The maximum Gasteiger partial charge on any atom is 0.256 e. The normalized spacial score (nSPS) is 14.3. The Balaban J connectivity index is 1.40. The van der Waals surface area contributed by atoms with Gasteiger partial charge < -0.3 is 10.1 Å². The Hall–Kier alpha value is -2.83. The van der Waals surface area contributed by atoms with Gasteiger partial charge in [-0.2, -0.15) is 5.10 Å². The zero-order valence-corrected chi connectivity index (χ0v) is 21.6. The molecule has 1 aliphatic rings. The quantitative estimate of drug-likeness (QED) is 0.386. The highest BCUT2D eigenvalue weighted by atomic mass is 35.5. The Kier molecular flexibility index (Phi) is 8.47. The second-order valence-electron chi connectivity index (χ2n) is 9.77. The molecule has 4 rings (SSSR count). The summed E-state index contributed by atoms with van der Waals surface area (Å²) in [5, 5.41) is 8.20. The number of nitrogens with one attached hydrogen (secondary N) is 1. The molecule has 186 valence electrons. The van der Waals surface area contributed by atoms with Crippen molar-refractivity contribution < 1.29 is 9.53 Å². The van der Waals surface area contributed by atoms with Crippen molar-refractivity contribution >= 4 is 23.3 Å². The highest BCUT2D eigenvalue weighted by molar-refractivity contribution is 6.30. The Morgan fingerprint density at radius 1 is 1.06 bits per heavy atom. The molecule has 1 saturated heterocycles. The molecule has 0 spiro atoms. The summed E-state index contributed by atoms with van der Waals surface area (Å²) in [5.74, 6) is 1.58. The fourth-order valence-electron chi connectivity index (χ4n) is 4.29. The number of rotatable bonds is 9. The van der Waals surface area contributed by atoms with E-state index in [1.165, 1.54) is 24.8 Å². The first kappa shape index (κ1) is 25.3. The maximum atomic E-state index is 12.8. The first-order valence-corrected chi connectivity index (χ1v) is 12.8. The first-order valence-electron chi connectivity index (χ1n) is 12.5. The van der Waals surface area contributed by atoms with E-state index in [2.05, 4.69) is 29.2 Å². The fourth-order valence-corrected chi connectivity index (χ4v) is 4.48. The van der Waals surface area contributed by atoms with E-state index in [0.717, 1.165) is 36.6 Å². The zero-order chi connectivity index (χ0) is 24.8. The summed E-state index contributed by atoms with van der Waals surface area (Å²) in [7, 11) is 0. The van der Waals surface area contributed by atoms with Crippen molar-refractivity contribution in [1.29, 1.82) is 0 Å². The van der Waals surface area contributed by atoms with E-state index in [9.17, 15) is 4.79 Å². The van der Waals surface area contributed by atoms with Crippen LogP contribution < -0.4 is 10.1 Å². The molecule has 3 aromatic rings. The zero-order valence-electron chi connectivity index (χ0n) is 20.9. The maximum absolute atomic E-state index is 12.8. The molecule has 0 atom stereocenters. The van der Waals surface area contributed by atoms with Crippen molar-refractivity contribution in [3.63, 3.8) is 0 Å². The van der Waals surface area contributed by atoms with Gasteiger partial charge in [-0.25, -0.2) is 0 Å². The molecule has 1 amide bonds. The number of aryl methyl sites for hydroxylation is 1. The number of likely N-dealkylation sites (tertiary alicyclic amines) is 1. The Bertz CT molecular complexity index is 1130. The summed E-state index contributed by atoms with van der Waals surface area (Å²) in [5.41, 5.74) is 3.75. The third kappa shape index (κ3) is 7.09. The van der Waals surface area contributed by atoms with E-state index in [-0.39, 0.29) is 5.91 Å². The van der Waals surface area contributed by atoms with E-state index < -0.39 is 0 Å². The van der Waals surface area contributed by atoms with Gasteiger partial charge in [-0.05, 0) is 74.7 Å². The van der Waals surface area contributed by atoms with Gasteiger partial charge in [0.25, 0.3) is 5.91 Å². The number of anilines is 1. The number of ether oxygens (including phenoxy) is 1. The first-order chi connectivity index (χ1) is 16.9. The Morgan fingerprint density at radius 2 is 1.80 bits per heavy atom. The summed E-state index contributed by atoms with van der Waals surface area (Å²) < 4.78 is 7.83. The van der Waals surface area contributed by atoms with Crippen LogP contribution in [0.2, 0.25) is 5.02 Å². The number of amides is 1. The molecule has 1 fully saturated rings. The molecular formula is C28H35ClN4O2. The molecule has 0 radical (unpaired) electrons. The molecule has 6 nitrogen and oxygen atoms in total. The summed E-state index contributed by atoms with van der Waals surface area (Å²) in [4.78, 5) is 15.3. The van der Waals surface area contributed by atoms with Crippen LogP contribution in [0.25, 0.3) is 0 Å². The minimum absolute atomic E-state index is 0.164. The molecule has 1 aliphatic heterocycles. The molecule has 1 N–H and O–H groups in total. The van der Waals surface area contributed by atoms with Gasteiger partial charge in [0.05, 0.1) is 13.2 Å². The van der Waals surface area contributed by atoms with Gasteiger partial charge in [0.15, 0.2) is 5.82 Å². The number of nitrogens with zero attached hydrogens (tertiary/aromatic N) is 3. The number of hydrogen-bond acceptors (Lipinski definition) is 4. The Labute approximate surface area is 213 Å². The standard InChI is InChI=1S/C28H35ClN4O2/c1-20(2)19-35-26-12-11-25(29)16-24(26)18-33-21(3)15-27(31-33)30-28(34)23-9-7-22(8-10-23)17-32-13-5-4-6-14-32/h7-12,15-16,20H,4-6,13-14,17-19H2,1-3H3,(H,30,31,34). The lowest BCUT2D eigenvalue weighted by Gasteiger charge is -2.26. The lowest BCUT2D eigenvalue weighted by atomic mass is 10.1. The lowest BCUT2D eigenvalue weighted by Crippen LogP contribution is -2.29. The molecule has 0 saturated carbocycles.